The van der Waals surface area contributed by atoms with E-state index >= 15 is 0 Å². The van der Waals surface area contributed by atoms with Crippen LogP contribution in [0.25, 0.3) is 0 Å². The van der Waals surface area contributed by atoms with Gasteiger partial charge in [-0.15, -0.1) is 0 Å². The zero-order chi connectivity index (χ0) is 23.2. The van der Waals surface area contributed by atoms with Crippen LogP contribution in [0.4, 0.5) is 16.3 Å². The van der Waals surface area contributed by atoms with Crippen molar-refractivity contribution in [3.8, 4) is 0 Å². The van der Waals surface area contributed by atoms with E-state index in [-0.39, 0.29) is 6.03 Å². The molecule has 1 aliphatic heterocycles. The third-order valence-corrected chi connectivity index (χ3v) is 6.21. The minimum absolute atomic E-state index is 0.0382. The summed E-state index contributed by atoms with van der Waals surface area (Å²) in [7, 11) is 0. The van der Waals surface area contributed by atoms with E-state index in [0.717, 1.165) is 67.5 Å². The first kappa shape index (κ1) is 22.8. The second-order valence-corrected chi connectivity index (χ2v) is 8.61. The Hall–Kier alpha value is -3.41. The van der Waals surface area contributed by atoms with Crippen LogP contribution in [0.5, 0.6) is 0 Å². The molecule has 3 aromatic rings. The van der Waals surface area contributed by atoms with Gasteiger partial charge in [0.2, 0.25) is 0 Å². The predicted molar refractivity (Wildman–Crippen MR) is 134 cm³/mol. The summed E-state index contributed by atoms with van der Waals surface area (Å²) < 4.78 is 0. The van der Waals surface area contributed by atoms with E-state index in [1.165, 1.54) is 11.1 Å². The first-order chi connectivity index (χ1) is 16.0. The van der Waals surface area contributed by atoms with Crippen molar-refractivity contribution in [2.24, 2.45) is 0 Å². The van der Waals surface area contributed by atoms with Crippen molar-refractivity contribution in [3.05, 3.63) is 82.8 Å². The maximum Gasteiger partial charge on any atom is 0.321 e. The Balaban J connectivity index is 1.53. The molecule has 2 heterocycles. The Labute approximate surface area is 196 Å². The van der Waals surface area contributed by atoms with Crippen molar-refractivity contribution < 1.29 is 4.79 Å². The van der Waals surface area contributed by atoms with Gasteiger partial charge in [-0.1, -0.05) is 55.5 Å². The van der Waals surface area contributed by atoms with E-state index in [1.54, 1.807) is 0 Å². The van der Waals surface area contributed by atoms with Gasteiger partial charge in [0.05, 0.1) is 0 Å². The summed E-state index contributed by atoms with van der Waals surface area (Å²) in [6, 6.07) is 18.4. The van der Waals surface area contributed by atoms with E-state index in [9.17, 15) is 4.79 Å². The first-order valence-corrected chi connectivity index (χ1v) is 11.8. The molecular formula is C27H33N5O. The van der Waals surface area contributed by atoms with Crippen LogP contribution in [-0.2, 0) is 12.8 Å². The van der Waals surface area contributed by atoms with E-state index in [1.807, 2.05) is 49.1 Å². The lowest BCUT2D eigenvalue weighted by Crippen LogP contribution is -2.38. The van der Waals surface area contributed by atoms with Crippen molar-refractivity contribution in [2.45, 2.75) is 40.0 Å². The number of carbonyl (C=O) groups excluding carboxylic acids is 1. The monoisotopic (exact) mass is 443 g/mol. The van der Waals surface area contributed by atoms with Crippen molar-refractivity contribution in [1.82, 2.24) is 14.9 Å². The topological polar surface area (TPSA) is 61.4 Å². The lowest BCUT2D eigenvalue weighted by Gasteiger charge is -2.26. The summed E-state index contributed by atoms with van der Waals surface area (Å²) in [5, 5.41) is 3.08. The molecule has 172 valence electrons. The second kappa shape index (κ2) is 10.5. The van der Waals surface area contributed by atoms with E-state index in [4.69, 9.17) is 9.97 Å². The normalized spacial score (nSPS) is 14.2. The van der Waals surface area contributed by atoms with Gasteiger partial charge in [-0.25, -0.2) is 14.8 Å². The molecule has 4 rings (SSSR count). The fourth-order valence-corrected chi connectivity index (χ4v) is 4.41. The number of urea groups is 1. The number of para-hydroxylation sites is 1. The number of rotatable bonds is 5. The minimum Gasteiger partial charge on any atom is -0.354 e. The summed E-state index contributed by atoms with van der Waals surface area (Å²) in [5.41, 5.74) is 5.51. The van der Waals surface area contributed by atoms with Gasteiger partial charge < -0.3 is 15.1 Å². The van der Waals surface area contributed by atoms with Crippen LogP contribution < -0.4 is 10.2 Å². The molecule has 0 radical (unpaired) electrons. The van der Waals surface area contributed by atoms with E-state index < -0.39 is 0 Å². The van der Waals surface area contributed by atoms with Crippen LogP contribution in [-0.4, -0.2) is 47.1 Å². The Bertz CT molecular complexity index is 1100. The SMILES string of the molecule is CCc1nc(C)nc(N2CCCN(C(=O)Nc3ccccc3C)CC2)c1Cc1ccccc1. The maximum atomic E-state index is 12.9. The van der Waals surface area contributed by atoms with Crippen molar-refractivity contribution in [1.29, 1.82) is 0 Å². The molecule has 1 fully saturated rings. The Morgan fingerprint density at radius 3 is 2.45 bits per heavy atom. The number of nitrogens with zero attached hydrogens (tertiary/aromatic N) is 4. The molecule has 0 atom stereocenters. The molecule has 33 heavy (non-hydrogen) atoms. The van der Waals surface area contributed by atoms with Gasteiger partial charge in [-0.2, -0.15) is 0 Å². The average Bonchev–Trinajstić information content (AvgIpc) is 3.08. The zero-order valence-electron chi connectivity index (χ0n) is 19.8. The molecule has 2 amide bonds. The molecule has 6 heteroatoms. The number of aryl methyl sites for hydroxylation is 3. The molecule has 1 aliphatic rings. The van der Waals surface area contributed by atoms with E-state index in [2.05, 4.69) is 41.4 Å². The van der Waals surface area contributed by atoms with Gasteiger partial charge in [0, 0.05) is 49.5 Å². The largest absolute Gasteiger partial charge is 0.354 e. The fourth-order valence-electron chi connectivity index (χ4n) is 4.41. The molecular weight excluding hydrogens is 410 g/mol. The predicted octanol–water partition coefficient (Wildman–Crippen LogP) is 4.99. The highest BCUT2D eigenvalue weighted by Crippen LogP contribution is 2.26. The Morgan fingerprint density at radius 2 is 1.70 bits per heavy atom. The number of anilines is 2. The lowest BCUT2D eigenvalue weighted by molar-refractivity contribution is 0.215. The van der Waals surface area contributed by atoms with Gasteiger partial charge in [0.15, 0.2) is 0 Å². The van der Waals surface area contributed by atoms with Gasteiger partial charge in [-0.3, -0.25) is 0 Å². The lowest BCUT2D eigenvalue weighted by atomic mass is 10.0. The summed E-state index contributed by atoms with van der Waals surface area (Å²) in [6.07, 6.45) is 2.58. The summed E-state index contributed by atoms with van der Waals surface area (Å²) in [5.74, 6) is 1.82. The smallest absolute Gasteiger partial charge is 0.321 e. The van der Waals surface area contributed by atoms with Crippen molar-refractivity contribution in [2.75, 3.05) is 36.4 Å². The van der Waals surface area contributed by atoms with Gasteiger partial charge in [0.1, 0.15) is 11.6 Å². The average molecular weight is 444 g/mol. The minimum atomic E-state index is -0.0382. The molecule has 0 spiro atoms. The van der Waals surface area contributed by atoms with E-state index in [0.29, 0.717) is 6.54 Å². The van der Waals surface area contributed by atoms with Crippen LogP contribution in [0.15, 0.2) is 54.6 Å². The van der Waals surface area contributed by atoms with Crippen LogP contribution in [0.2, 0.25) is 0 Å². The fraction of sp³-hybridized carbons (Fsp3) is 0.370. The number of nitrogens with one attached hydrogen (secondary N) is 1. The highest BCUT2D eigenvalue weighted by molar-refractivity contribution is 5.90. The van der Waals surface area contributed by atoms with Crippen LogP contribution in [0.1, 0.15) is 41.6 Å². The molecule has 1 saturated heterocycles. The molecule has 2 aromatic carbocycles. The first-order valence-electron chi connectivity index (χ1n) is 11.8. The van der Waals surface area contributed by atoms with Gasteiger partial charge in [-0.05, 0) is 43.9 Å². The van der Waals surface area contributed by atoms with Crippen LogP contribution in [0.3, 0.4) is 0 Å². The molecule has 0 saturated carbocycles. The maximum absolute atomic E-state index is 12.9. The van der Waals surface area contributed by atoms with Crippen LogP contribution >= 0.6 is 0 Å². The summed E-state index contributed by atoms with van der Waals surface area (Å²) in [6.45, 7) is 9.14. The Morgan fingerprint density at radius 1 is 0.939 bits per heavy atom. The molecule has 1 aromatic heterocycles. The molecule has 0 bridgehead atoms. The van der Waals surface area contributed by atoms with Crippen LogP contribution in [0, 0.1) is 13.8 Å². The molecule has 0 aliphatic carbocycles. The van der Waals surface area contributed by atoms with Gasteiger partial charge >= 0.3 is 6.03 Å². The second-order valence-electron chi connectivity index (χ2n) is 8.61. The molecule has 1 N–H and O–H groups in total. The van der Waals surface area contributed by atoms with Gasteiger partial charge in [0.25, 0.3) is 0 Å². The number of amides is 2. The number of benzene rings is 2. The highest BCUT2D eigenvalue weighted by Gasteiger charge is 2.23. The van der Waals surface area contributed by atoms with Crippen molar-refractivity contribution >= 4 is 17.5 Å². The third kappa shape index (κ3) is 5.51. The standard InChI is InChI=1S/C27H33N5O/c1-4-24-23(19-22-12-6-5-7-13-22)26(29-21(3)28-24)31-15-10-16-32(18-17-31)27(33)30-25-14-9-8-11-20(25)2/h5-9,11-14H,4,10,15-19H2,1-3H3,(H,30,33). The quantitative estimate of drug-likeness (QED) is 0.603. The number of hydrogen-bond donors (Lipinski definition) is 1. The molecule has 0 unspecified atom stereocenters. The van der Waals surface area contributed by atoms with Crippen molar-refractivity contribution in [3.63, 3.8) is 0 Å². The number of carbonyl (C=O) groups is 1. The summed E-state index contributed by atoms with van der Waals surface area (Å²) in [4.78, 5) is 26.8. The third-order valence-electron chi connectivity index (χ3n) is 6.21. The Kier molecular flexibility index (Phi) is 7.23. The molecule has 6 nitrogen and oxygen atoms in total. The number of aromatic nitrogens is 2. The zero-order valence-corrected chi connectivity index (χ0v) is 19.8. The number of hydrogen-bond acceptors (Lipinski definition) is 4. The summed E-state index contributed by atoms with van der Waals surface area (Å²) >= 11 is 0. The highest BCUT2D eigenvalue weighted by atomic mass is 16.2.